The summed E-state index contributed by atoms with van der Waals surface area (Å²) < 4.78 is 0. The van der Waals surface area contributed by atoms with E-state index in [1.54, 1.807) is 0 Å². The zero-order valence-corrected chi connectivity index (χ0v) is 20.2. The summed E-state index contributed by atoms with van der Waals surface area (Å²) in [5, 5.41) is 3.29. The Morgan fingerprint density at radius 3 is 1.10 bits per heavy atom. The van der Waals surface area contributed by atoms with E-state index < -0.39 is 0 Å². The first-order chi connectivity index (χ1) is 14.4. The van der Waals surface area contributed by atoms with Crippen molar-refractivity contribution in [2.45, 2.75) is 148 Å². The molecule has 0 radical (unpaired) electrons. The van der Waals surface area contributed by atoms with Crippen LogP contribution in [0, 0.1) is 0 Å². The van der Waals surface area contributed by atoms with Crippen molar-refractivity contribution in [2.75, 3.05) is 13.1 Å². The van der Waals surface area contributed by atoms with Gasteiger partial charge in [-0.3, -0.25) is 0 Å². The summed E-state index contributed by atoms with van der Waals surface area (Å²) in [6.45, 7) is 4.02. The largest absolute Gasteiger partial charge is 0.391 e. The third kappa shape index (κ3) is 27.5. The summed E-state index contributed by atoms with van der Waals surface area (Å²) in [5.74, 6) is 0. The van der Waals surface area contributed by atoms with Crippen LogP contribution in [0.1, 0.15) is 148 Å². The summed E-state index contributed by atoms with van der Waals surface area (Å²) in [7, 11) is 0. The highest BCUT2D eigenvalue weighted by molar-refractivity contribution is 4.79. The molecule has 0 bridgehead atoms. The van der Waals surface area contributed by atoms with Crippen LogP contribution in [0.25, 0.3) is 0 Å². The molecule has 0 aromatic heterocycles. The lowest BCUT2D eigenvalue weighted by Gasteiger charge is -2.04. The number of rotatable bonds is 25. The van der Waals surface area contributed by atoms with Gasteiger partial charge >= 0.3 is 0 Å². The SMILES string of the molecule is CCCCCCCCCCCCCCCCCCCCCCCCNC=CCN. The molecule has 0 amide bonds. The fraction of sp³-hybridized carbons (Fsp3) is 0.926. The molecule has 0 atom stereocenters. The number of hydrogen-bond donors (Lipinski definition) is 2. The van der Waals surface area contributed by atoms with Crippen LogP contribution in [0.15, 0.2) is 12.3 Å². The maximum atomic E-state index is 5.40. The minimum atomic E-state index is 0.631. The highest BCUT2D eigenvalue weighted by Crippen LogP contribution is 2.15. The van der Waals surface area contributed by atoms with Crippen molar-refractivity contribution < 1.29 is 0 Å². The van der Waals surface area contributed by atoms with Gasteiger partial charge in [0.1, 0.15) is 0 Å². The number of nitrogens with one attached hydrogen (secondary N) is 1. The molecule has 0 rings (SSSR count). The molecule has 0 aromatic rings. The van der Waals surface area contributed by atoms with E-state index in [1.165, 1.54) is 141 Å². The van der Waals surface area contributed by atoms with Gasteiger partial charge in [-0.1, -0.05) is 148 Å². The van der Waals surface area contributed by atoms with E-state index in [0.29, 0.717) is 6.54 Å². The van der Waals surface area contributed by atoms with Crippen molar-refractivity contribution in [3.8, 4) is 0 Å². The van der Waals surface area contributed by atoms with Crippen LogP contribution in [0.5, 0.6) is 0 Å². The second-order valence-electron chi connectivity index (χ2n) is 9.02. The van der Waals surface area contributed by atoms with Crippen molar-refractivity contribution in [1.29, 1.82) is 0 Å². The zero-order chi connectivity index (χ0) is 21.1. The highest BCUT2D eigenvalue weighted by atomic mass is 14.8. The summed E-state index contributed by atoms with van der Waals surface area (Å²) in [6, 6.07) is 0. The van der Waals surface area contributed by atoms with Gasteiger partial charge in [0.05, 0.1) is 0 Å². The van der Waals surface area contributed by atoms with Crippen LogP contribution in [-0.4, -0.2) is 13.1 Å². The Morgan fingerprint density at radius 2 is 0.793 bits per heavy atom. The molecule has 174 valence electrons. The van der Waals surface area contributed by atoms with E-state index in [0.717, 1.165) is 6.54 Å². The Kier molecular flexibility index (Phi) is 27.0. The third-order valence-electron chi connectivity index (χ3n) is 6.05. The van der Waals surface area contributed by atoms with E-state index in [2.05, 4.69) is 12.2 Å². The molecule has 3 N–H and O–H groups in total. The maximum absolute atomic E-state index is 5.40. The van der Waals surface area contributed by atoms with Gasteiger partial charge in [-0.2, -0.15) is 0 Å². The molecule has 0 fully saturated rings. The minimum absolute atomic E-state index is 0.631. The van der Waals surface area contributed by atoms with Crippen LogP contribution in [0.2, 0.25) is 0 Å². The molecule has 0 saturated heterocycles. The van der Waals surface area contributed by atoms with Crippen molar-refractivity contribution in [3.05, 3.63) is 12.3 Å². The van der Waals surface area contributed by atoms with Crippen LogP contribution in [0.3, 0.4) is 0 Å². The summed E-state index contributed by atoms with van der Waals surface area (Å²) in [6.07, 6.45) is 35.8. The van der Waals surface area contributed by atoms with E-state index in [1.807, 2.05) is 12.3 Å². The van der Waals surface area contributed by atoms with Gasteiger partial charge in [-0.25, -0.2) is 0 Å². The number of nitrogens with two attached hydrogens (primary N) is 1. The molecule has 2 nitrogen and oxygen atoms in total. The molecular weight excluding hydrogens is 352 g/mol. The summed E-state index contributed by atoms with van der Waals surface area (Å²) in [4.78, 5) is 0. The molecule has 0 aliphatic carbocycles. The minimum Gasteiger partial charge on any atom is -0.391 e. The molecule has 2 heteroatoms. The van der Waals surface area contributed by atoms with Gasteiger partial charge in [-0.15, -0.1) is 0 Å². The fourth-order valence-corrected chi connectivity index (χ4v) is 4.07. The lowest BCUT2D eigenvalue weighted by molar-refractivity contribution is 0.518. The van der Waals surface area contributed by atoms with Gasteiger partial charge in [-0.05, 0) is 12.6 Å². The van der Waals surface area contributed by atoms with Crippen LogP contribution < -0.4 is 11.1 Å². The normalized spacial score (nSPS) is 11.5. The molecule has 0 aliphatic heterocycles. The first-order valence-corrected chi connectivity index (χ1v) is 13.5. The predicted molar refractivity (Wildman–Crippen MR) is 133 cm³/mol. The van der Waals surface area contributed by atoms with Crippen molar-refractivity contribution in [2.24, 2.45) is 5.73 Å². The standard InChI is InChI=1S/C27H56N2/c1-2-3-4-5-6-7-8-9-10-11-12-13-14-15-16-17-18-19-20-21-22-23-26-29-27-24-25-28/h24,27,29H,2-23,25-26,28H2,1H3. The van der Waals surface area contributed by atoms with E-state index >= 15 is 0 Å². The molecule has 0 heterocycles. The van der Waals surface area contributed by atoms with E-state index in [-0.39, 0.29) is 0 Å². The molecule has 0 spiro atoms. The second-order valence-corrected chi connectivity index (χ2v) is 9.02. The van der Waals surface area contributed by atoms with Gasteiger partial charge in [0.25, 0.3) is 0 Å². The Morgan fingerprint density at radius 1 is 0.483 bits per heavy atom. The average molecular weight is 409 g/mol. The first kappa shape index (κ1) is 28.5. The quantitative estimate of drug-likeness (QED) is 0.148. The molecule has 0 aliphatic rings. The lowest BCUT2D eigenvalue weighted by Crippen LogP contribution is -2.07. The van der Waals surface area contributed by atoms with Crippen LogP contribution >= 0.6 is 0 Å². The molecule has 0 aromatic carbocycles. The molecule has 0 unspecified atom stereocenters. The smallest absolute Gasteiger partial charge is 0.0141 e. The highest BCUT2D eigenvalue weighted by Gasteiger charge is 1.95. The van der Waals surface area contributed by atoms with Crippen LogP contribution in [0.4, 0.5) is 0 Å². The zero-order valence-electron chi connectivity index (χ0n) is 20.2. The van der Waals surface area contributed by atoms with E-state index in [9.17, 15) is 0 Å². The Bertz CT molecular complexity index is 301. The number of unbranched alkanes of at least 4 members (excludes halogenated alkanes) is 21. The average Bonchev–Trinajstić information content (AvgIpc) is 2.74. The van der Waals surface area contributed by atoms with E-state index in [4.69, 9.17) is 5.73 Å². The third-order valence-corrected chi connectivity index (χ3v) is 6.05. The van der Waals surface area contributed by atoms with Gasteiger partial charge < -0.3 is 11.1 Å². The summed E-state index contributed by atoms with van der Waals surface area (Å²) >= 11 is 0. The monoisotopic (exact) mass is 408 g/mol. The van der Waals surface area contributed by atoms with Crippen LogP contribution in [-0.2, 0) is 0 Å². The second kappa shape index (κ2) is 27.5. The fourth-order valence-electron chi connectivity index (χ4n) is 4.07. The number of hydrogen-bond acceptors (Lipinski definition) is 2. The molecule has 29 heavy (non-hydrogen) atoms. The Balaban J connectivity index is 2.99. The van der Waals surface area contributed by atoms with Gasteiger partial charge in [0.15, 0.2) is 0 Å². The van der Waals surface area contributed by atoms with Crippen molar-refractivity contribution >= 4 is 0 Å². The molecular formula is C27H56N2. The van der Waals surface area contributed by atoms with Crippen molar-refractivity contribution in [1.82, 2.24) is 5.32 Å². The maximum Gasteiger partial charge on any atom is 0.0141 e. The topological polar surface area (TPSA) is 38.0 Å². The van der Waals surface area contributed by atoms with Gasteiger partial charge in [0.2, 0.25) is 0 Å². The van der Waals surface area contributed by atoms with Crippen molar-refractivity contribution in [3.63, 3.8) is 0 Å². The summed E-state index contributed by atoms with van der Waals surface area (Å²) in [5.41, 5.74) is 5.40. The first-order valence-electron chi connectivity index (χ1n) is 13.5. The van der Waals surface area contributed by atoms with Gasteiger partial charge in [0, 0.05) is 13.1 Å². The molecule has 0 saturated carbocycles. The Labute approximate surface area is 184 Å². The Hall–Kier alpha value is -0.500. The predicted octanol–water partition coefficient (Wildman–Crippen LogP) is 8.65. The lowest BCUT2D eigenvalue weighted by atomic mass is 10.0.